The van der Waals surface area contributed by atoms with Crippen LogP contribution in [-0.4, -0.2) is 45.0 Å². The number of halogens is 2. The summed E-state index contributed by atoms with van der Waals surface area (Å²) in [7, 11) is 0. The van der Waals surface area contributed by atoms with E-state index in [9.17, 15) is 14.0 Å². The molecule has 3 aromatic rings. The van der Waals surface area contributed by atoms with Gasteiger partial charge in [0.2, 0.25) is 24.1 Å². The number of benzene rings is 1. The number of amides is 2. The minimum absolute atomic E-state index is 0.0643. The zero-order chi connectivity index (χ0) is 23.7. The van der Waals surface area contributed by atoms with E-state index in [0.29, 0.717) is 54.3 Å². The van der Waals surface area contributed by atoms with Gasteiger partial charge in [-0.3, -0.25) is 14.5 Å². The van der Waals surface area contributed by atoms with Gasteiger partial charge in [0.05, 0.1) is 5.02 Å². The number of hydrogen-bond acceptors (Lipinski definition) is 6. The number of anilines is 1. The standard InChI is InChI=1S/C24H23ClFN5O3/c25-18-5-8-21(27-11-18)30(14-32)13-22(33)31(12-15-1-6-19(26)7-2-15)20-9-17(10-20)24-29-28-23(34-24)16-3-4-16/h1-2,5-8,11,14,16-17,20H,3-4,9-10,12-13H2. The van der Waals surface area contributed by atoms with Crippen molar-refractivity contribution in [1.82, 2.24) is 20.1 Å². The second-order valence-corrected chi connectivity index (χ2v) is 9.23. The van der Waals surface area contributed by atoms with Gasteiger partial charge >= 0.3 is 0 Å². The van der Waals surface area contributed by atoms with Crippen LogP contribution in [0.2, 0.25) is 5.02 Å². The van der Waals surface area contributed by atoms with Crippen LogP contribution in [0.1, 0.15) is 54.9 Å². The highest BCUT2D eigenvalue weighted by Gasteiger charge is 2.41. The lowest BCUT2D eigenvalue weighted by molar-refractivity contribution is -0.135. The summed E-state index contributed by atoms with van der Waals surface area (Å²) in [5.74, 6) is 1.56. The first-order chi connectivity index (χ1) is 16.5. The van der Waals surface area contributed by atoms with Crippen LogP contribution in [-0.2, 0) is 16.1 Å². The van der Waals surface area contributed by atoms with E-state index in [1.165, 1.54) is 23.2 Å². The molecule has 2 aliphatic rings. The molecule has 2 aromatic heterocycles. The second kappa shape index (κ2) is 9.50. The van der Waals surface area contributed by atoms with Gasteiger partial charge in [-0.1, -0.05) is 23.7 Å². The van der Waals surface area contributed by atoms with Crippen molar-refractivity contribution in [2.75, 3.05) is 11.4 Å². The van der Waals surface area contributed by atoms with Gasteiger partial charge in [0.1, 0.15) is 18.2 Å². The number of rotatable bonds is 9. The second-order valence-electron chi connectivity index (χ2n) is 8.79. The van der Waals surface area contributed by atoms with E-state index >= 15 is 0 Å². The zero-order valence-corrected chi connectivity index (χ0v) is 19.1. The first kappa shape index (κ1) is 22.5. The number of pyridine rings is 1. The number of hydrogen-bond donors (Lipinski definition) is 0. The van der Waals surface area contributed by atoms with E-state index in [1.807, 2.05) is 0 Å². The fraction of sp³-hybridized carbons (Fsp3) is 0.375. The molecule has 0 aliphatic heterocycles. The van der Waals surface area contributed by atoms with Crippen molar-refractivity contribution in [3.05, 3.63) is 70.8 Å². The molecule has 2 saturated carbocycles. The van der Waals surface area contributed by atoms with Gasteiger partial charge in [-0.25, -0.2) is 9.37 Å². The molecule has 2 heterocycles. The van der Waals surface area contributed by atoms with Crippen LogP contribution in [0.5, 0.6) is 0 Å². The molecule has 0 N–H and O–H groups in total. The first-order valence-corrected chi connectivity index (χ1v) is 11.6. The predicted octanol–water partition coefficient (Wildman–Crippen LogP) is 4.07. The van der Waals surface area contributed by atoms with E-state index in [-0.39, 0.29) is 30.2 Å². The van der Waals surface area contributed by atoms with Crippen LogP contribution in [0.25, 0.3) is 0 Å². The van der Waals surface area contributed by atoms with Crippen molar-refractivity contribution in [3.63, 3.8) is 0 Å². The molecule has 176 valence electrons. The fourth-order valence-corrected chi connectivity index (χ4v) is 4.22. The van der Waals surface area contributed by atoms with Gasteiger partial charge in [-0.15, -0.1) is 10.2 Å². The Labute approximate surface area is 200 Å². The largest absolute Gasteiger partial charge is 0.425 e. The molecule has 34 heavy (non-hydrogen) atoms. The highest BCUT2D eigenvalue weighted by Crippen LogP contribution is 2.43. The highest BCUT2D eigenvalue weighted by molar-refractivity contribution is 6.30. The summed E-state index contributed by atoms with van der Waals surface area (Å²) >= 11 is 5.88. The van der Waals surface area contributed by atoms with E-state index in [4.69, 9.17) is 16.0 Å². The third-order valence-electron chi connectivity index (χ3n) is 6.31. The molecule has 8 nitrogen and oxygen atoms in total. The van der Waals surface area contributed by atoms with Gasteiger partial charge < -0.3 is 9.32 Å². The normalized spacial score (nSPS) is 19.4. The van der Waals surface area contributed by atoms with Crippen LogP contribution >= 0.6 is 11.6 Å². The van der Waals surface area contributed by atoms with Gasteiger partial charge in [0.15, 0.2) is 0 Å². The Balaban J connectivity index is 1.30. The Morgan fingerprint density at radius 3 is 2.41 bits per heavy atom. The van der Waals surface area contributed by atoms with Gasteiger partial charge in [0.25, 0.3) is 0 Å². The summed E-state index contributed by atoms with van der Waals surface area (Å²) in [5.41, 5.74) is 0.800. The molecule has 2 amide bonds. The third-order valence-corrected chi connectivity index (χ3v) is 6.54. The number of carbonyl (C=O) groups excluding carboxylic acids is 2. The van der Waals surface area contributed by atoms with E-state index in [2.05, 4.69) is 15.2 Å². The quantitative estimate of drug-likeness (QED) is 0.426. The Kier molecular flexibility index (Phi) is 6.28. The molecule has 0 atom stereocenters. The lowest BCUT2D eigenvalue weighted by Crippen LogP contribution is -2.50. The Hall–Kier alpha value is -3.33. The third kappa shape index (κ3) is 4.94. The smallest absolute Gasteiger partial charge is 0.243 e. The first-order valence-electron chi connectivity index (χ1n) is 11.2. The Morgan fingerprint density at radius 1 is 1.09 bits per heavy atom. The van der Waals surface area contributed by atoms with Gasteiger partial charge in [-0.2, -0.15) is 0 Å². The van der Waals surface area contributed by atoms with Crippen molar-refractivity contribution in [3.8, 4) is 0 Å². The molecular formula is C24H23ClFN5O3. The Morgan fingerprint density at radius 2 is 1.79 bits per heavy atom. The molecule has 1 aromatic carbocycles. The van der Waals surface area contributed by atoms with Crippen LogP contribution in [0, 0.1) is 5.82 Å². The average Bonchev–Trinajstić information content (AvgIpc) is 3.55. The topological polar surface area (TPSA) is 92.4 Å². The molecule has 0 spiro atoms. The van der Waals surface area contributed by atoms with E-state index in [1.54, 1.807) is 29.2 Å². The lowest BCUT2D eigenvalue weighted by Gasteiger charge is -2.42. The number of nitrogens with zero attached hydrogens (tertiary/aromatic N) is 5. The van der Waals surface area contributed by atoms with Crippen molar-refractivity contribution in [1.29, 1.82) is 0 Å². The molecule has 0 bridgehead atoms. The van der Waals surface area contributed by atoms with Crippen LogP contribution in [0.15, 0.2) is 47.0 Å². The van der Waals surface area contributed by atoms with Crippen LogP contribution in [0.3, 0.4) is 0 Å². The van der Waals surface area contributed by atoms with E-state index < -0.39 is 0 Å². The lowest BCUT2D eigenvalue weighted by atomic mass is 9.79. The maximum Gasteiger partial charge on any atom is 0.243 e. The summed E-state index contributed by atoms with van der Waals surface area (Å²) in [6.07, 6.45) is 5.53. The molecular weight excluding hydrogens is 461 g/mol. The SMILES string of the molecule is O=CN(CC(=O)N(Cc1ccc(F)cc1)C1CC(c2nnc(C3CC3)o2)C1)c1ccc(Cl)cn1. The fourth-order valence-electron chi connectivity index (χ4n) is 4.10. The van der Waals surface area contributed by atoms with Crippen molar-refractivity contribution in [2.24, 2.45) is 0 Å². The zero-order valence-electron chi connectivity index (χ0n) is 18.3. The molecule has 2 fully saturated rings. The Bertz CT molecular complexity index is 1160. The summed E-state index contributed by atoms with van der Waals surface area (Å²) < 4.78 is 19.2. The van der Waals surface area contributed by atoms with Crippen LogP contribution in [0.4, 0.5) is 10.2 Å². The molecule has 0 unspecified atom stereocenters. The molecule has 0 radical (unpaired) electrons. The highest BCUT2D eigenvalue weighted by atomic mass is 35.5. The maximum atomic E-state index is 13.4. The van der Waals surface area contributed by atoms with Crippen LogP contribution < -0.4 is 4.90 Å². The predicted molar refractivity (Wildman–Crippen MR) is 122 cm³/mol. The minimum Gasteiger partial charge on any atom is -0.425 e. The summed E-state index contributed by atoms with van der Waals surface area (Å²) in [5, 5.41) is 8.80. The number of aromatic nitrogens is 3. The number of carbonyl (C=O) groups is 2. The molecule has 0 saturated heterocycles. The van der Waals surface area contributed by atoms with Gasteiger partial charge in [-0.05, 0) is 55.5 Å². The molecule has 5 rings (SSSR count). The average molecular weight is 484 g/mol. The monoisotopic (exact) mass is 483 g/mol. The van der Waals surface area contributed by atoms with Crippen molar-refractivity contribution in [2.45, 2.75) is 50.1 Å². The summed E-state index contributed by atoms with van der Waals surface area (Å²) in [4.78, 5) is 32.2. The summed E-state index contributed by atoms with van der Waals surface area (Å²) in [6, 6.07) is 9.18. The molecule has 10 heteroatoms. The summed E-state index contributed by atoms with van der Waals surface area (Å²) in [6.45, 7) is 0.126. The van der Waals surface area contributed by atoms with Gasteiger partial charge in [0, 0.05) is 30.6 Å². The minimum atomic E-state index is -0.339. The maximum absolute atomic E-state index is 13.4. The van der Waals surface area contributed by atoms with Crippen molar-refractivity contribution >= 4 is 29.7 Å². The molecule has 2 aliphatic carbocycles. The van der Waals surface area contributed by atoms with E-state index in [0.717, 1.165) is 18.4 Å². The van der Waals surface area contributed by atoms with Crippen molar-refractivity contribution < 1.29 is 18.4 Å².